The molecule has 1 aromatic rings. The van der Waals surface area contributed by atoms with Gasteiger partial charge in [-0.05, 0) is 36.5 Å². The Labute approximate surface area is 118 Å². The van der Waals surface area contributed by atoms with Gasteiger partial charge in [0.2, 0.25) is 10.0 Å². The Morgan fingerprint density at radius 3 is 2.39 bits per heavy atom. The second-order valence-corrected chi connectivity index (χ2v) is 7.78. The van der Waals surface area contributed by atoms with Crippen LogP contribution in [0.4, 0.5) is 0 Å². The number of benzene rings is 1. The fourth-order valence-electron chi connectivity index (χ4n) is 2.49. The minimum absolute atomic E-state index is 0.0494. The summed E-state index contributed by atoms with van der Waals surface area (Å²) in [4.78, 5) is 0.0494. The van der Waals surface area contributed by atoms with Crippen LogP contribution in [0.3, 0.4) is 0 Å². The Hall–Kier alpha value is -0.340. The number of nitrogens with two attached hydrogens (primary N) is 1. The van der Waals surface area contributed by atoms with Crippen LogP contribution in [0, 0.1) is 3.57 Å². The lowest BCUT2D eigenvalue weighted by Crippen LogP contribution is -2.15. The lowest BCUT2D eigenvalue weighted by Gasteiger charge is -2.22. The molecule has 100 valence electrons. The van der Waals surface area contributed by atoms with Crippen LogP contribution in [-0.4, -0.2) is 8.42 Å². The molecule has 0 radical (unpaired) electrons. The molecule has 2 N–H and O–H groups in total. The Morgan fingerprint density at radius 1 is 1.17 bits per heavy atom. The summed E-state index contributed by atoms with van der Waals surface area (Å²) >= 11 is -1.52. The molecule has 0 saturated heterocycles. The van der Waals surface area contributed by atoms with Crippen molar-refractivity contribution >= 4 is 31.2 Å². The van der Waals surface area contributed by atoms with Crippen molar-refractivity contribution in [1.29, 1.82) is 0 Å². The van der Waals surface area contributed by atoms with Crippen molar-refractivity contribution < 1.29 is 11.5 Å². The summed E-state index contributed by atoms with van der Waals surface area (Å²) in [6.07, 6.45) is 5.81. The van der Waals surface area contributed by atoms with Gasteiger partial charge in [-0.2, -0.15) is 0 Å². The molecule has 1 aliphatic rings. The van der Waals surface area contributed by atoms with E-state index in [9.17, 15) is 11.5 Å². The van der Waals surface area contributed by atoms with Crippen molar-refractivity contribution in [3.8, 4) is 0 Å². The van der Waals surface area contributed by atoms with Crippen molar-refractivity contribution in [2.45, 2.75) is 42.9 Å². The third kappa shape index (κ3) is 3.16. The van der Waals surface area contributed by atoms with Crippen molar-refractivity contribution in [3.05, 3.63) is 27.3 Å². The number of hydrogen-bond donors (Lipinski definition) is 1. The van der Waals surface area contributed by atoms with Gasteiger partial charge in [0.05, 0.1) is 8.47 Å². The van der Waals surface area contributed by atoms with Crippen molar-refractivity contribution in [2.75, 3.05) is 0 Å². The molecule has 0 unspecified atom stereocenters. The molecule has 1 aromatic carbocycles. The first-order valence-corrected chi connectivity index (χ1v) is 9.47. The highest BCUT2D eigenvalue weighted by Crippen LogP contribution is 2.34. The second-order valence-electron chi connectivity index (χ2n) is 4.65. The maximum absolute atomic E-state index is 11.5. The highest BCUT2D eigenvalue weighted by Gasteiger charge is 2.20. The van der Waals surface area contributed by atoms with E-state index >= 15 is 0 Å². The van der Waals surface area contributed by atoms with Crippen LogP contribution in [0.5, 0.6) is 0 Å². The minimum Gasteiger partial charge on any atom is -0.265 e. The van der Waals surface area contributed by atoms with Gasteiger partial charge >= 0.3 is 0 Å². The Balaban J connectivity index is 2.42. The van der Waals surface area contributed by atoms with Gasteiger partial charge in [0, 0.05) is 0 Å². The average molecular weight is 381 g/mol. The molecule has 0 amide bonds. The van der Waals surface area contributed by atoms with Gasteiger partial charge in [-0.15, -0.1) is 0 Å². The first kappa shape index (κ1) is 14.1. The summed E-state index contributed by atoms with van der Waals surface area (Å²) in [5.74, 6) is 0.415. The summed E-state index contributed by atoms with van der Waals surface area (Å²) in [5.41, 5.74) is 1.01. The van der Waals surface area contributed by atoms with Gasteiger partial charge < -0.3 is 0 Å². The maximum Gasteiger partial charge on any atom is 0.239 e. The molecule has 0 bridgehead atoms. The summed E-state index contributed by atoms with van der Waals surface area (Å²) in [5, 5.41) is 5.18. The molecule has 6 heteroatoms. The molecule has 0 heterocycles. The zero-order valence-corrected chi connectivity index (χ0v) is 12.9. The summed E-state index contributed by atoms with van der Waals surface area (Å²) in [6, 6.07) is 5.18. The van der Waals surface area contributed by atoms with Crippen LogP contribution in [-0.2, 0) is 13.1 Å². The van der Waals surface area contributed by atoms with E-state index in [-0.39, 0.29) is 4.90 Å². The molecular weight excluding hydrogens is 365 g/mol. The van der Waals surface area contributed by atoms with E-state index in [0.717, 1.165) is 18.4 Å². The molecule has 1 aliphatic carbocycles. The SMILES string of the molecule is NS(=O)(=O)c1cc(C2CCCCC2)ccc1I=O. The van der Waals surface area contributed by atoms with E-state index in [4.69, 9.17) is 5.14 Å². The van der Waals surface area contributed by atoms with Gasteiger partial charge in [0.1, 0.15) is 0 Å². The summed E-state index contributed by atoms with van der Waals surface area (Å²) < 4.78 is 34.5. The fraction of sp³-hybridized carbons (Fsp3) is 0.500. The first-order valence-electron chi connectivity index (χ1n) is 5.96. The van der Waals surface area contributed by atoms with Gasteiger partial charge in [-0.1, -0.05) is 25.3 Å². The Bertz CT molecular complexity index is 550. The smallest absolute Gasteiger partial charge is 0.239 e. The largest absolute Gasteiger partial charge is 0.265 e. The number of sulfonamides is 1. The molecule has 0 aliphatic heterocycles. The average Bonchev–Trinajstić information content (AvgIpc) is 2.38. The van der Waals surface area contributed by atoms with Gasteiger partial charge in [0.15, 0.2) is 21.2 Å². The third-order valence-corrected chi connectivity index (χ3v) is 6.15. The highest BCUT2D eigenvalue weighted by atomic mass is 127. The number of primary sulfonamides is 1. The van der Waals surface area contributed by atoms with E-state index in [1.54, 1.807) is 12.1 Å². The Morgan fingerprint density at radius 2 is 1.83 bits per heavy atom. The number of hydrogen-bond acceptors (Lipinski definition) is 3. The van der Waals surface area contributed by atoms with E-state index in [1.165, 1.54) is 19.3 Å². The minimum atomic E-state index is -3.78. The van der Waals surface area contributed by atoms with Crippen LogP contribution in [0.1, 0.15) is 43.6 Å². The summed E-state index contributed by atoms with van der Waals surface area (Å²) in [6.45, 7) is 0. The van der Waals surface area contributed by atoms with E-state index in [2.05, 4.69) is 0 Å². The van der Waals surface area contributed by atoms with E-state index in [0.29, 0.717) is 9.49 Å². The standard InChI is InChI=1S/C12H16INO3S/c14-18(16,17)12-8-10(6-7-11(12)13-15)9-4-2-1-3-5-9/h6-9H,1-5H2,(H2,14,16,17). The van der Waals surface area contributed by atoms with Crippen LogP contribution >= 0.6 is 21.2 Å². The number of rotatable bonds is 3. The lowest BCUT2D eigenvalue weighted by atomic mass is 9.84. The van der Waals surface area contributed by atoms with Crippen LogP contribution < -0.4 is 5.14 Å². The molecule has 1 saturated carbocycles. The first-order chi connectivity index (χ1) is 8.52. The molecule has 0 atom stereocenters. The van der Waals surface area contributed by atoms with Crippen molar-refractivity contribution in [1.82, 2.24) is 0 Å². The quantitative estimate of drug-likeness (QED) is 0.818. The molecule has 2 rings (SSSR count). The van der Waals surface area contributed by atoms with Crippen molar-refractivity contribution in [2.24, 2.45) is 5.14 Å². The second kappa shape index (κ2) is 5.75. The van der Waals surface area contributed by atoms with E-state index in [1.807, 2.05) is 6.07 Å². The molecule has 0 aromatic heterocycles. The number of halogens is 1. The van der Waals surface area contributed by atoms with Gasteiger partial charge in [-0.25, -0.2) is 13.6 Å². The van der Waals surface area contributed by atoms with Crippen LogP contribution in [0.15, 0.2) is 23.1 Å². The summed E-state index contributed by atoms with van der Waals surface area (Å²) in [7, 11) is -3.78. The topological polar surface area (TPSA) is 77.2 Å². The zero-order valence-electron chi connectivity index (χ0n) is 9.93. The fourth-order valence-corrected chi connectivity index (χ4v) is 4.96. The highest BCUT2D eigenvalue weighted by molar-refractivity contribution is 14.1. The molecule has 18 heavy (non-hydrogen) atoms. The zero-order chi connectivity index (χ0) is 13.2. The molecule has 1 fully saturated rings. The van der Waals surface area contributed by atoms with Crippen LogP contribution in [0.2, 0.25) is 0 Å². The molecule has 4 nitrogen and oxygen atoms in total. The monoisotopic (exact) mass is 381 g/mol. The van der Waals surface area contributed by atoms with Gasteiger partial charge in [0.25, 0.3) is 0 Å². The van der Waals surface area contributed by atoms with Crippen molar-refractivity contribution in [3.63, 3.8) is 0 Å². The molecular formula is C12H16INO3S. The normalized spacial score (nSPS) is 17.8. The third-order valence-electron chi connectivity index (χ3n) is 3.42. The van der Waals surface area contributed by atoms with Crippen LogP contribution in [0.25, 0.3) is 0 Å². The van der Waals surface area contributed by atoms with Gasteiger partial charge in [-0.3, -0.25) is 3.07 Å². The van der Waals surface area contributed by atoms with E-state index < -0.39 is 31.2 Å². The Kier molecular flexibility index (Phi) is 4.50. The lowest BCUT2D eigenvalue weighted by molar-refractivity contribution is 0.443. The maximum atomic E-state index is 11.5. The predicted octanol–water partition coefficient (Wildman–Crippen LogP) is 2.87. The molecule has 0 spiro atoms. The predicted molar refractivity (Wildman–Crippen MR) is 77.0 cm³/mol.